The first-order valence-corrected chi connectivity index (χ1v) is 5.06. The van der Waals surface area contributed by atoms with Crippen molar-refractivity contribution in [2.75, 3.05) is 18.5 Å². The van der Waals surface area contributed by atoms with Gasteiger partial charge in [0.05, 0.1) is 6.61 Å². The Morgan fingerprint density at radius 3 is 2.73 bits per heavy atom. The molecule has 0 aliphatic carbocycles. The van der Waals surface area contributed by atoms with Crippen LogP contribution in [0.25, 0.3) is 0 Å². The molecule has 3 N–H and O–H groups in total. The molecule has 2 rings (SSSR count). The lowest BCUT2D eigenvalue weighted by Gasteiger charge is -2.06. The first kappa shape index (κ1) is 10.2. The molecule has 1 saturated heterocycles. The van der Waals surface area contributed by atoms with Crippen molar-refractivity contribution >= 4 is 23.0 Å². The Labute approximate surface area is 93.4 Å². The number of epoxide rings is 1. The monoisotopic (exact) mass is 224 g/mol. The van der Waals surface area contributed by atoms with E-state index in [1.165, 1.54) is 0 Å². The summed E-state index contributed by atoms with van der Waals surface area (Å²) in [6.07, 6.45) is 0.277. The Balaban J connectivity index is 1.87. The number of thiocarbonyl (C=S) groups is 1. The first-order valence-electron chi connectivity index (χ1n) is 4.65. The fourth-order valence-corrected chi connectivity index (χ4v) is 1.25. The van der Waals surface area contributed by atoms with E-state index in [4.69, 9.17) is 27.4 Å². The molecule has 1 aromatic carbocycles. The fourth-order valence-electron chi connectivity index (χ4n) is 1.13. The van der Waals surface area contributed by atoms with Gasteiger partial charge in [0.2, 0.25) is 0 Å². The molecule has 4 nitrogen and oxygen atoms in total. The maximum atomic E-state index is 5.47. The van der Waals surface area contributed by atoms with E-state index < -0.39 is 0 Å². The highest BCUT2D eigenvalue weighted by molar-refractivity contribution is 7.80. The Kier molecular flexibility index (Phi) is 3.03. The van der Waals surface area contributed by atoms with Crippen LogP contribution in [0.4, 0.5) is 5.69 Å². The van der Waals surface area contributed by atoms with Gasteiger partial charge in [0.25, 0.3) is 0 Å². The zero-order chi connectivity index (χ0) is 10.7. The lowest BCUT2D eigenvalue weighted by molar-refractivity contribution is 0.263. The third-order valence-electron chi connectivity index (χ3n) is 1.96. The minimum absolute atomic E-state index is 0.259. The van der Waals surface area contributed by atoms with Crippen LogP contribution in [-0.4, -0.2) is 24.4 Å². The zero-order valence-electron chi connectivity index (χ0n) is 8.10. The topological polar surface area (TPSA) is 59.8 Å². The maximum Gasteiger partial charge on any atom is 0.168 e. The molecule has 1 aliphatic rings. The molecular weight excluding hydrogens is 212 g/mol. The summed E-state index contributed by atoms with van der Waals surface area (Å²) in [5.74, 6) is 0.819. The van der Waals surface area contributed by atoms with Crippen LogP contribution in [0.2, 0.25) is 0 Å². The van der Waals surface area contributed by atoms with E-state index in [2.05, 4.69) is 5.32 Å². The highest BCUT2D eigenvalue weighted by Crippen LogP contribution is 2.17. The van der Waals surface area contributed by atoms with Crippen molar-refractivity contribution in [1.82, 2.24) is 0 Å². The third kappa shape index (κ3) is 3.38. The van der Waals surface area contributed by atoms with Gasteiger partial charge in [0, 0.05) is 5.69 Å². The summed E-state index contributed by atoms with van der Waals surface area (Å²) in [7, 11) is 0. The lowest BCUT2D eigenvalue weighted by Crippen LogP contribution is -2.18. The first-order chi connectivity index (χ1) is 7.24. The molecule has 0 amide bonds. The van der Waals surface area contributed by atoms with E-state index in [1.807, 2.05) is 24.3 Å². The van der Waals surface area contributed by atoms with Crippen LogP contribution in [0.1, 0.15) is 0 Å². The van der Waals surface area contributed by atoms with Gasteiger partial charge in [-0.3, -0.25) is 0 Å². The molecule has 0 saturated carbocycles. The van der Waals surface area contributed by atoms with E-state index in [1.54, 1.807) is 0 Å². The normalized spacial score (nSPS) is 18.3. The van der Waals surface area contributed by atoms with E-state index >= 15 is 0 Å². The molecule has 1 aliphatic heterocycles. The summed E-state index contributed by atoms with van der Waals surface area (Å²) in [5, 5.41) is 3.10. The van der Waals surface area contributed by atoms with Crippen LogP contribution < -0.4 is 15.8 Å². The van der Waals surface area contributed by atoms with E-state index in [9.17, 15) is 0 Å². The van der Waals surface area contributed by atoms with Crippen molar-refractivity contribution in [3.8, 4) is 5.75 Å². The molecule has 1 heterocycles. The third-order valence-corrected chi connectivity index (χ3v) is 2.06. The largest absolute Gasteiger partial charge is 0.491 e. The van der Waals surface area contributed by atoms with Crippen molar-refractivity contribution < 1.29 is 9.47 Å². The van der Waals surface area contributed by atoms with Gasteiger partial charge in [-0.15, -0.1) is 0 Å². The SMILES string of the molecule is NC(=S)Nc1ccc(OCC2CO2)cc1. The summed E-state index contributed by atoms with van der Waals surface area (Å²) >= 11 is 4.72. The standard InChI is InChI=1S/C10H12N2O2S/c11-10(15)12-7-1-3-8(4-2-7)13-5-9-6-14-9/h1-4,9H,5-6H2,(H3,11,12,15). The number of rotatable bonds is 4. The van der Waals surface area contributed by atoms with Crippen LogP contribution in [0.15, 0.2) is 24.3 Å². The van der Waals surface area contributed by atoms with E-state index in [-0.39, 0.29) is 11.2 Å². The van der Waals surface area contributed by atoms with Gasteiger partial charge in [-0.2, -0.15) is 0 Å². The maximum absolute atomic E-state index is 5.47. The second kappa shape index (κ2) is 4.46. The fraction of sp³-hybridized carbons (Fsp3) is 0.300. The van der Waals surface area contributed by atoms with Crippen LogP contribution >= 0.6 is 12.2 Å². The number of nitrogens with two attached hydrogens (primary N) is 1. The molecule has 1 unspecified atom stereocenters. The van der Waals surface area contributed by atoms with Gasteiger partial charge in [-0.1, -0.05) is 0 Å². The van der Waals surface area contributed by atoms with E-state index in [0.717, 1.165) is 18.0 Å². The lowest BCUT2D eigenvalue weighted by atomic mass is 10.3. The quantitative estimate of drug-likeness (QED) is 0.593. The molecule has 80 valence electrons. The highest BCUT2D eigenvalue weighted by atomic mass is 32.1. The van der Waals surface area contributed by atoms with Crippen molar-refractivity contribution in [1.29, 1.82) is 0 Å². The second-order valence-electron chi connectivity index (χ2n) is 3.28. The smallest absolute Gasteiger partial charge is 0.168 e. The summed E-state index contributed by atoms with van der Waals surface area (Å²) in [6.45, 7) is 1.42. The summed E-state index contributed by atoms with van der Waals surface area (Å²) in [4.78, 5) is 0. The van der Waals surface area contributed by atoms with Gasteiger partial charge >= 0.3 is 0 Å². The van der Waals surface area contributed by atoms with Crippen LogP contribution in [0, 0.1) is 0 Å². The summed E-state index contributed by atoms with van der Waals surface area (Å²) in [6, 6.07) is 7.45. The summed E-state index contributed by atoms with van der Waals surface area (Å²) in [5.41, 5.74) is 6.20. The number of hydrogen-bond donors (Lipinski definition) is 2. The Bertz CT molecular complexity index is 349. The van der Waals surface area contributed by atoms with Crippen molar-refractivity contribution in [2.24, 2.45) is 5.73 Å². The molecule has 15 heavy (non-hydrogen) atoms. The second-order valence-corrected chi connectivity index (χ2v) is 3.72. The van der Waals surface area contributed by atoms with Crippen molar-refractivity contribution in [2.45, 2.75) is 6.10 Å². The number of anilines is 1. The molecule has 5 heteroatoms. The van der Waals surface area contributed by atoms with Crippen LogP contribution in [0.3, 0.4) is 0 Å². The molecule has 0 aromatic heterocycles. The van der Waals surface area contributed by atoms with Crippen LogP contribution in [0.5, 0.6) is 5.75 Å². The molecule has 0 bridgehead atoms. The van der Waals surface area contributed by atoms with Gasteiger partial charge in [0.1, 0.15) is 18.5 Å². The Morgan fingerprint density at radius 1 is 1.53 bits per heavy atom. The van der Waals surface area contributed by atoms with Gasteiger partial charge in [0.15, 0.2) is 5.11 Å². The molecular formula is C10H12N2O2S. The molecule has 1 fully saturated rings. The predicted molar refractivity (Wildman–Crippen MR) is 62.1 cm³/mol. The number of ether oxygens (including phenoxy) is 2. The van der Waals surface area contributed by atoms with Crippen molar-refractivity contribution in [3.05, 3.63) is 24.3 Å². The van der Waals surface area contributed by atoms with Gasteiger partial charge in [-0.05, 0) is 36.5 Å². The Morgan fingerprint density at radius 2 is 2.20 bits per heavy atom. The average molecular weight is 224 g/mol. The molecule has 1 atom stereocenters. The predicted octanol–water partition coefficient (Wildman–Crippen LogP) is 1.12. The number of hydrogen-bond acceptors (Lipinski definition) is 3. The average Bonchev–Trinajstić information content (AvgIpc) is 2.99. The minimum atomic E-state index is 0.259. The molecule has 0 spiro atoms. The summed E-state index contributed by atoms with van der Waals surface area (Å²) < 4.78 is 10.5. The van der Waals surface area contributed by atoms with Crippen molar-refractivity contribution in [3.63, 3.8) is 0 Å². The van der Waals surface area contributed by atoms with Crippen LogP contribution in [-0.2, 0) is 4.74 Å². The molecule has 1 aromatic rings. The minimum Gasteiger partial charge on any atom is -0.491 e. The van der Waals surface area contributed by atoms with E-state index in [0.29, 0.717) is 6.61 Å². The van der Waals surface area contributed by atoms with Gasteiger partial charge < -0.3 is 20.5 Å². The highest BCUT2D eigenvalue weighted by Gasteiger charge is 2.22. The molecule has 0 radical (unpaired) electrons. The Hall–Kier alpha value is -1.33. The number of nitrogens with one attached hydrogen (secondary N) is 1. The zero-order valence-corrected chi connectivity index (χ0v) is 8.92. The van der Waals surface area contributed by atoms with Gasteiger partial charge in [-0.25, -0.2) is 0 Å². The number of benzene rings is 1.